The normalized spacial score (nSPS) is 11.7. The summed E-state index contributed by atoms with van der Waals surface area (Å²) in [5, 5.41) is -0.0703. The van der Waals surface area contributed by atoms with Crippen LogP contribution in [0.2, 0.25) is 5.02 Å². The minimum absolute atomic E-state index is 0.00227. The molecule has 120 valence electrons. The van der Waals surface area contributed by atoms with Crippen molar-refractivity contribution in [1.82, 2.24) is 0 Å². The molecule has 0 unspecified atom stereocenters. The van der Waals surface area contributed by atoms with Crippen LogP contribution in [0.4, 0.5) is 4.39 Å². The smallest absolute Gasteiger partial charge is 0.340 e. The summed E-state index contributed by atoms with van der Waals surface area (Å²) in [5.74, 6) is -1.10. The predicted molar refractivity (Wildman–Crippen MR) is 83.6 cm³/mol. The summed E-state index contributed by atoms with van der Waals surface area (Å²) in [6.07, 6.45) is -1.00. The highest BCUT2D eigenvalue weighted by molar-refractivity contribution is 6.33. The Morgan fingerprint density at radius 2 is 1.78 bits per heavy atom. The Labute approximate surface area is 137 Å². The largest absolute Gasteiger partial charge is 0.497 e. The highest BCUT2D eigenvalue weighted by Gasteiger charge is 2.22. The number of ether oxygens (including phenoxy) is 2. The van der Waals surface area contributed by atoms with Gasteiger partial charge in [-0.25, -0.2) is 9.18 Å². The van der Waals surface area contributed by atoms with Crippen LogP contribution in [0.5, 0.6) is 5.75 Å². The Morgan fingerprint density at radius 1 is 1.13 bits per heavy atom. The van der Waals surface area contributed by atoms with Gasteiger partial charge in [-0.05, 0) is 49.4 Å². The summed E-state index contributed by atoms with van der Waals surface area (Å²) < 4.78 is 23.1. The van der Waals surface area contributed by atoms with Gasteiger partial charge in [0.25, 0.3) is 0 Å². The quantitative estimate of drug-likeness (QED) is 0.613. The minimum atomic E-state index is -1.00. The maximum Gasteiger partial charge on any atom is 0.340 e. The van der Waals surface area contributed by atoms with Crippen molar-refractivity contribution in [2.24, 2.45) is 0 Å². The van der Waals surface area contributed by atoms with Gasteiger partial charge in [0.1, 0.15) is 11.6 Å². The van der Waals surface area contributed by atoms with Gasteiger partial charge in [0.15, 0.2) is 6.10 Å². The first-order valence-electron chi connectivity index (χ1n) is 6.76. The summed E-state index contributed by atoms with van der Waals surface area (Å²) >= 11 is 5.80. The zero-order valence-corrected chi connectivity index (χ0v) is 13.3. The summed E-state index contributed by atoms with van der Waals surface area (Å²) in [5.41, 5.74) is 0.388. The molecule has 0 bridgehead atoms. The van der Waals surface area contributed by atoms with Crippen LogP contribution in [-0.2, 0) is 4.74 Å². The van der Waals surface area contributed by atoms with Crippen LogP contribution in [0.15, 0.2) is 42.5 Å². The van der Waals surface area contributed by atoms with Crippen molar-refractivity contribution in [3.05, 3.63) is 64.4 Å². The number of halogens is 2. The Hall–Kier alpha value is -2.40. The maximum absolute atomic E-state index is 13.0. The SMILES string of the molecule is COc1ccc(C(=O)[C@H](C)OC(=O)c2ccc(F)cc2Cl)cc1. The van der Waals surface area contributed by atoms with Crippen molar-refractivity contribution in [3.63, 3.8) is 0 Å². The number of carbonyl (C=O) groups is 2. The summed E-state index contributed by atoms with van der Waals surface area (Å²) in [7, 11) is 1.52. The molecule has 23 heavy (non-hydrogen) atoms. The Morgan fingerprint density at radius 3 is 2.35 bits per heavy atom. The Bertz CT molecular complexity index is 728. The van der Waals surface area contributed by atoms with E-state index in [0.29, 0.717) is 11.3 Å². The number of carbonyl (C=O) groups excluding carboxylic acids is 2. The first-order chi connectivity index (χ1) is 10.9. The third-order valence-electron chi connectivity index (χ3n) is 3.18. The second kappa shape index (κ2) is 7.24. The van der Waals surface area contributed by atoms with E-state index in [2.05, 4.69) is 0 Å². The summed E-state index contributed by atoms with van der Waals surface area (Å²) in [6.45, 7) is 1.46. The fourth-order valence-electron chi connectivity index (χ4n) is 1.92. The fraction of sp³-hybridized carbons (Fsp3) is 0.176. The molecular weight excluding hydrogens is 323 g/mol. The molecule has 2 rings (SSSR count). The van der Waals surface area contributed by atoms with E-state index in [1.807, 2.05) is 0 Å². The van der Waals surface area contributed by atoms with E-state index in [9.17, 15) is 14.0 Å². The van der Waals surface area contributed by atoms with Crippen LogP contribution in [0.1, 0.15) is 27.6 Å². The minimum Gasteiger partial charge on any atom is -0.497 e. The van der Waals surface area contributed by atoms with E-state index in [1.165, 1.54) is 20.1 Å². The lowest BCUT2D eigenvalue weighted by Gasteiger charge is -2.13. The molecule has 0 saturated carbocycles. The molecule has 2 aromatic carbocycles. The predicted octanol–water partition coefficient (Wildman–Crippen LogP) is 3.92. The van der Waals surface area contributed by atoms with E-state index < -0.39 is 17.9 Å². The summed E-state index contributed by atoms with van der Waals surface area (Å²) in [4.78, 5) is 24.3. The number of Topliss-reactive ketones (excluding diaryl/α,β-unsaturated/α-hetero) is 1. The van der Waals surface area contributed by atoms with E-state index in [-0.39, 0.29) is 16.4 Å². The van der Waals surface area contributed by atoms with Gasteiger partial charge in [-0.15, -0.1) is 0 Å². The van der Waals surface area contributed by atoms with Crippen LogP contribution in [0.3, 0.4) is 0 Å². The van der Waals surface area contributed by atoms with Crippen molar-refractivity contribution >= 4 is 23.4 Å². The van der Waals surface area contributed by atoms with Crippen molar-refractivity contribution in [3.8, 4) is 5.75 Å². The van der Waals surface area contributed by atoms with Gasteiger partial charge in [-0.1, -0.05) is 11.6 Å². The Balaban J connectivity index is 2.09. The van der Waals surface area contributed by atoms with Gasteiger partial charge in [0.05, 0.1) is 17.7 Å². The molecule has 4 nitrogen and oxygen atoms in total. The third kappa shape index (κ3) is 4.07. The molecule has 0 spiro atoms. The highest BCUT2D eigenvalue weighted by Crippen LogP contribution is 2.20. The molecule has 0 aromatic heterocycles. The van der Waals surface area contributed by atoms with Crippen LogP contribution < -0.4 is 4.74 Å². The summed E-state index contributed by atoms with van der Waals surface area (Å²) in [6, 6.07) is 9.75. The number of hydrogen-bond donors (Lipinski definition) is 0. The molecule has 0 saturated heterocycles. The number of benzene rings is 2. The molecule has 0 radical (unpaired) electrons. The van der Waals surface area contributed by atoms with E-state index in [0.717, 1.165) is 12.1 Å². The zero-order chi connectivity index (χ0) is 17.0. The zero-order valence-electron chi connectivity index (χ0n) is 12.5. The second-order valence-electron chi connectivity index (χ2n) is 4.76. The lowest BCUT2D eigenvalue weighted by molar-refractivity contribution is 0.0319. The van der Waals surface area contributed by atoms with Gasteiger partial charge < -0.3 is 9.47 Å². The molecule has 1 atom stereocenters. The molecule has 0 amide bonds. The van der Waals surface area contributed by atoms with Crippen molar-refractivity contribution in [2.45, 2.75) is 13.0 Å². The van der Waals surface area contributed by atoms with Crippen molar-refractivity contribution in [2.75, 3.05) is 7.11 Å². The molecular formula is C17H14ClFO4. The number of esters is 1. The third-order valence-corrected chi connectivity index (χ3v) is 3.49. The Kier molecular flexibility index (Phi) is 5.34. The monoisotopic (exact) mass is 336 g/mol. The van der Waals surface area contributed by atoms with Gasteiger partial charge >= 0.3 is 5.97 Å². The number of ketones is 1. The average Bonchev–Trinajstić information content (AvgIpc) is 2.54. The number of methoxy groups -OCH3 is 1. The van der Waals surface area contributed by atoms with Gasteiger partial charge in [0, 0.05) is 5.56 Å². The molecule has 2 aromatic rings. The number of hydrogen-bond acceptors (Lipinski definition) is 4. The number of rotatable bonds is 5. The van der Waals surface area contributed by atoms with Gasteiger partial charge in [-0.3, -0.25) is 4.79 Å². The van der Waals surface area contributed by atoms with Crippen LogP contribution >= 0.6 is 11.6 Å². The van der Waals surface area contributed by atoms with Crippen molar-refractivity contribution in [1.29, 1.82) is 0 Å². The van der Waals surface area contributed by atoms with Gasteiger partial charge in [-0.2, -0.15) is 0 Å². The molecule has 0 fully saturated rings. The van der Waals surface area contributed by atoms with Crippen LogP contribution in [0, 0.1) is 5.82 Å². The molecule has 0 aliphatic heterocycles. The second-order valence-corrected chi connectivity index (χ2v) is 5.17. The average molecular weight is 337 g/mol. The van der Waals surface area contributed by atoms with Crippen LogP contribution in [-0.4, -0.2) is 25.0 Å². The molecule has 6 heteroatoms. The topological polar surface area (TPSA) is 52.6 Å². The molecule has 0 N–H and O–H groups in total. The standard InChI is InChI=1S/C17H14ClFO4/c1-10(16(20)11-3-6-13(22-2)7-4-11)23-17(21)14-8-5-12(19)9-15(14)18/h3-10H,1-2H3/t10-/m0/s1. The van der Waals surface area contributed by atoms with Crippen LogP contribution in [0.25, 0.3) is 0 Å². The highest BCUT2D eigenvalue weighted by atomic mass is 35.5. The van der Waals surface area contributed by atoms with E-state index in [1.54, 1.807) is 24.3 Å². The van der Waals surface area contributed by atoms with Gasteiger partial charge in [0.2, 0.25) is 5.78 Å². The molecule has 0 heterocycles. The first kappa shape index (κ1) is 17.0. The fourth-order valence-corrected chi connectivity index (χ4v) is 2.17. The van der Waals surface area contributed by atoms with Crippen molar-refractivity contribution < 1.29 is 23.5 Å². The van der Waals surface area contributed by atoms with E-state index >= 15 is 0 Å². The van der Waals surface area contributed by atoms with E-state index in [4.69, 9.17) is 21.1 Å². The maximum atomic E-state index is 13.0. The molecule has 0 aliphatic rings. The lowest BCUT2D eigenvalue weighted by Crippen LogP contribution is -2.24. The molecule has 0 aliphatic carbocycles. The first-order valence-corrected chi connectivity index (χ1v) is 7.14. The lowest BCUT2D eigenvalue weighted by atomic mass is 10.1.